The van der Waals surface area contributed by atoms with Crippen molar-refractivity contribution in [2.45, 2.75) is 12.5 Å². The SMILES string of the molecule is O=C(C[C@H](c1ccco1)n1cccc1)N1CCN(c2ccc(F)cc2)CC1. The first-order valence-electron chi connectivity index (χ1n) is 9.15. The lowest BCUT2D eigenvalue weighted by atomic mass is 10.1. The molecule has 27 heavy (non-hydrogen) atoms. The molecule has 1 saturated heterocycles. The molecule has 1 aliphatic rings. The minimum atomic E-state index is -0.235. The molecule has 5 nitrogen and oxygen atoms in total. The van der Waals surface area contributed by atoms with E-state index < -0.39 is 0 Å². The largest absolute Gasteiger partial charge is 0.467 e. The van der Waals surface area contributed by atoms with Crippen molar-refractivity contribution in [3.8, 4) is 0 Å². The minimum Gasteiger partial charge on any atom is -0.467 e. The zero-order valence-electron chi connectivity index (χ0n) is 15.0. The molecule has 1 atom stereocenters. The van der Waals surface area contributed by atoms with Gasteiger partial charge in [0.1, 0.15) is 11.6 Å². The molecule has 0 spiro atoms. The number of rotatable bonds is 5. The van der Waals surface area contributed by atoms with Crippen molar-refractivity contribution >= 4 is 11.6 Å². The molecule has 2 aromatic heterocycles. The Morgan fingerprint density at radius 3 is 2.33 bits per heavy atom. The van der Waals surface area contributed by atoms with Gasteiger partial charge in [-0.1, -0.05) is 0 Å². The van der Waals surface area contributed by atoms with Gasteiger partial charge < -0.3 is 18.8 Å². The predicted octanol–water partition coefficient (Wildman–Crippen LogP) is 3.55. The van der Waals surface area contributed by atoms with Crippen molar-refractivity contribution in [3.63, 3.8) is 0 Å². The molecular formula is C21H22FN3O2. The van der Waals surface area contributed by atoms with E-state index in [0.29, 0.717) is 19.5 Å². The average Bonchev–Trinajstić information content (AvgIpc) is 3.41. The summed E-state index contributed by atoms with van der Waals surface area (Å²) in [6.45, 7) is 2.80. The van der Waals surface area contributed by atoms with E-state index >= 15 is 0 Å². The number of halogens is 1. The van der Waals surface area contributed by atoms with Crippen LogP contribution in [0.4, 0.5) is 10.1 Å². The van der Waals surface area contributed by atoms with Crippen LogP contribution in [0.15, 0.2) is 71.6 Å². The molecule has 140 valence electrons. The Hall–Kier alpha value is -3.02. The molecule has 0 radical (unpaired) electrons. The third-order valence-electron chi connectivity index (χ3n) is 5.05. The predicted molar refractivity (Wildman–Crippen MR) is 101 cm³/mol. The second kappa shape index (κ2) is 7.70. The van der Waals surface area contributed by atoms with Crippen LogP contribution in [-0.4, -0.2) is 41.6 Å². The van der Waals surface area contributed by atoms with Crippen molar-refractivity contribution in [1.82, 2.24) is 9.47 Å². The number of piperazine rings is 1. The zero-order valence-corrected chi connectivity index (χ0v) is 15.0. The van der Waals surface area contributed by atoms with Crippen LogP contribution in [0, 0.1) is 5.82 Å². The normalized spacial score (nSPS) is 15.7. The molecule has 4 rings (SSSR count). The van der Waals surface area contributed by atoms with Gasteiger partial charge >= 0.3 is 0 Å². The maximum Gasteiger partial charge on any atom is 0.225 e. The number of hydrogen-bond acceptors (Lipinski definition) is 3. The van der Waals surface area contributed by atoms with Gasteiger partial charge in [0.2, 0.25) is 5.91 Å². The van der Waals surface area contributed by atoms with Crippen LogP contribution in [-0.2, 0) is 4.79 Å². The van der Waals surface area contributed by atoms with Crippen LogP contribution in [0.2, 0.25) is 0 Å². The lowest BCUT2D eigenvalue weighted by molar-refractivity contribution is -0.132. The number of aromatic nitrogens is 1. The first-order chi connectivity index (χ1) is 13.2. The van der Waals surface area contributed by atoms with Crippen molar-refractivity contribution < 1.29 is 13.6 Å². The van der Waals surface area contributed by atoms with E-state index in [1.807, 2.05) is 46.1 Å². The van der Waals surface area contributed by atoms with Crippen LogP contribution in [0.3, 0.4) is 0 Å². The van der Waals surface area contributed by atoms with Crippen LogP contribution in [0.5, 0.6) is 0 Å². The van der Waals surface area contributed by atoms with Crippen molar-refractivity contribution in [1.29, 1.82) is 0 Å². The van der Waals surface area contributed by atoms with Gasteiger partial charge in [-0.2, -0.15) is 0 Å². The van der Waals surface area contributed by atoms with E-state index in [1.54, 1.807) is 18.4 Å². The maximum absolute atomic E-state index is 13.1. The molecule has 1 aromatic carbocycles. The van der Waals surface area contributed by atoms with Gasteiger partial charge in [-0.25, -0.2) is 4.39 Å². The fraction of sp³-hybridized carbons (Fsp3) is 0.286. The van der Waals surface area contributed by atoms with E-state index in [9.17, 15) is 9.18 Å². The molecule has 1 amide bonds. The minimum absolute atomic E-state index is 0.115. The molecule has 0 saturated carbocycles. The van der Waals surface area contributed by atoms with E-state index in [0.717, 1.165) is 24.5 Å². The summed E-state index contributed by atoms with van der Waals surface area (Å²) in [4.78, 5) is 17.0. The Bertz CT molecular complexity index is 817. The number of hydrogen-bond donors (Lipinski definition) is 0. The highest BCUT2D eigenvalue weighted by Gasteiger charge is 2.26. The van der Waals surface area contributed by atoms with Crippen molar-refractivity contribution in [2.24, 2.45) is 0 Å². The Labute approximate surface area is 157 Å². The molecule has 6 heteroatoms. The lowest BCUT2D eigenvalue weighted by Crippen LogP contribution is -2.49. The lowest BCUT2D eigenvalue weighted by Gasteiger charge is -2.36. The van der Waals surface area contributed by atoms with E-state index in [4.69, 9.17) is 4.42 Å². The molecular weight excluding hydrogens is 345 g/mol. The Kier molecular flexibility index (Phi) is 4.96. The third-order valence-corrected chi connectivity index (χ3v) is 5.05. The summed E-state index contributed by atoms with van der Waals surface area (Å²) in [6, 6.07) is 14.0. The second-order valence-corrected chi connectivity index (χ2v) is 6.71. The number of carbonyl (C=O) groups excluding carboxylic acids is 1. The Balaban J connectivity index is 1.39. The molecule has 1 fully saturated rings. The van der Waals surface area contributed by atoms with Gasteiger partial charge in [0.15, 0.2) is 0 Å². The molecule has 3 aromatic rings. The first kappa shape index (κ1) is 17.4. The topological polar surface area (TPSA) is 41.6 Å². The highest BCUT2D eigenvalue weighted by atomic mass is 19.1. The van der Waals surface area contributed by atoms with Crippen molar-refractivity contribution in [3.05, 3.63) is 78.8 Å². The molecule has 0 aliphatic carbocycles. The number of furan rings is 1. The van der Waals surface area contributed by atoms with Crippen LogP contribution in [0.25, 0.3) is 0 Å². The van der Waals surface area contributed by atoms with Gasteiger partial charge in [0.05, 0.1) is 18.7 Å². The number of benzene rings is 1. The second-order valence-electron chi connectivity index (χ2n) is 6.71. The van der Waals surface area contributed by atoms with Gasteiger partial charge in [-0.15, -0.1) is 0 Å². The summed E-state index contributed by atoms with van der Waals surface area (Å²) in [6.07, 6.45) is 5.90. The smallest absolute Gasteiger partial charge is 0.225 e. The number of carbonyl (C=O) groups is 1. The zero-order chi connectivity index (χ0) is 18.6. The van der Waals surface area contributed by atoms with Gasteiger partial charge in [-0.05, 0) is 48.5 Å². The third kappa shape index (κ3) is 3.89. The maximum atomic E-state index is 13.1. The average molecular weight is 367 g/mol. The number of anilines is 1. The van der Waals surface area contributed by atoms with E-state index in [-0.39, 0.29) is 17.8 Å². The fourth-order valence-electron chi connectivity index (χ4n) is 3.55. The summed E-state index contributed by atoms with van der Waals surface area (Å²) in [5.74, 6) is 0.662. The molecule has 0 bridgehead atoms. The Morgan fingerprint density at radius 1 is 1.00 bits per heavy atom. The summed E-state index contributed by atoms with van der Waals surface area (Å²) in [7, 11) is 0. The number of nitrogens with zero attached hydrogens (tertiary/aromatic N) is 3. The van der Waals surface area contributed by atoms with Gasteiger partial charge in [-0.3, -0.25) is 4.79 Å². The van der Waals surface area contributed by atoms with Crippen LogP contribution in [0.1, 0.15) is 18.2 Å². The van der Waals surface area contributed by atoms with E-state index in [1.165, 1.54) is 12.1 Å². The molecule has 0 unspecified atom stereocenters. The van der Waals surface area contributed by atoms with Crippen molar-refractivity contribution in [2.75, 3.05) is 31.1 Å². The monoisotopic (exact) mass is 367 g/mol. The standard InChI is InChI=1S/C21H22FN3O2/c22-17-5-7-18(8-6-17)23-11-13-25(14-12-23)21(26)16-19(20-4-3-15-27-20)24-9-1-2-10-24/h1-10,15,19H,11-14,16H2/t19-/m1/s1. The molecule has 1 aliphatic heterocycles. The quantitative estimate of drug-likeness (QED) is 0.693. The van der Waals surface area contributed by atoms with Gasteiger partial charge in [0.25, 0.3) is 0 Å². The first-order valence-corrected chi connectivity index (χ1v) is 9.15. The van der Waals surface area contributed by atoms with Crippen LogP contribution >= 0.6 is 0 Å². The highest BCUT2D eigenvalue weighted by Crippen LogP contribution is 2.24. The van der Waals surface area contributed by atoms with Gasteiger partial charge in [0, 0.05) is 44.3 Å². The van der Waals surface area contributed by atoms with E-state index in [2.05, 4.69) is 4.90 Å². The summed E-state index contributed by atoms with van der Waals surface area (Å²) in [5, 5.41) is 0. The highest BCUT2D eigenvalue weighted by molar-refractivity contribution is 5.77. The number of amides is 1. The summed E-state index contributed by atoms with van der Waals surface area (Å²) in [5.41, 5.74) is 0.990. The molecule has 3 heterocycles. The Morgan fingerprint density at radius 2 is 1.70 bits per heavy atom. The fourth-order valence-corrected chi connectivity index (χ4v) is 3.55. The van der Waals surface area contributed by atoms with Crippen LogP contribution < -0.4 is 4.90 Å². The summed E-state index contributed by atoms with van der Waals surface area (Å²) >= 11 is 0. The summed E-state index contributed by atoms with van der Waals surface area (Å²) < 4.78 is 20.7. The molecule has 0 N–H and O–H groups in total.